The molecule has 1 unspecified atom stereocenters. The third-order valence-electron chi connectivity index (χ3n) is 3.46. The second kappa shape index (κ2) is 9.05. The van der Waals surface area contributed by atoms with Gasteiger partial charge in [-0.15, -0.1) is 0 Å². The lowest BCUT2D eigenvalue weighted by Crippen LogP contribution is -2.55. The zero-order valence-electron chi connectivity index (χ0n) is 16.7. The molecule has 1 aromatic carbocycles. The molecule has 0 aromatic heterocycles. The molecule has 9 nitrogen and oxygen atoms in total. The summed E-state index contributed by atoms with van der Waals surface area (Å²) >= 11 is 0. The number of sulfone groups is 1. The van der Waals surface area contributed by atoms with Crippen molar-refractivity contribution in [2.45, 2.75) is 56.5 Å². The fourth-order valence-corrected chi connectivity index (χ4v) is 3.48. The highest BCUT2D eigenvalue weighted by Crippen LogP contribution is 2.17. The van der Waals surface area contributed by atoms with Crippen molar-refractivity contribution < 1.29 is 32.3 Å². The van der Waals surface area contributed by atoms with E-state index in [2.05, 4.69) is 15.4 Å². The van der Waals surface area contributed by atoms with Gasteiger partial charge in [0, 0.05) is 0 Å². The highest BCUT2D eigenvalue weighted by molar-refractivity contribution is 7.92. The number of carbonyl (C=O) groups is 3. The van der Waals surface area contributed by atoms with Gasteiger partial charge in [0.2, 0.25) is 15.2 Å². The van der Waals surface area contributed by atoms with Crippen LogP contribution in [0.2, 0.25) is 0 Å². The van der Waals surface area contributed by atoms with Crippen LogP contribution in [-0.2, 0) is 28.9 Å². The fourth-order valence-electron chi connectivity index (χ4n) is 2.09. The smallest absolute Gasteiger partial charge is 0.409 e. The molecule has 0 radical (unpaired) electrons. The number of ether oxygens (including phenoxy) is 2. The summed E-state index contributed by atoms with van der Waals surface area (Å²) in [5, 5.41) is 2.30. The first-order valence-electron chi connectivity index (χ1n) is 8.46. The molecule has 0 fully saturated rings. The minimum atomic E-state index is -4.32. The van der Waals surface area contributed by atoms with E-state index in [4.69, 9.17) is 4.74 Å². The van der Waals surface area contributed by atoms with E-state index in [9.17, 15) is 22.8 Å². The summed E-state index contributed by atoms with van der Waals surface area (Å²) in [6.07, 6.45) is -1.09. The Morgan fingerprint density at radius 2 is 1.57 bits per heavy atom. The third-order valence-corrected chi connectivity index (χ3v) is 5.34. The van der Waals surface area contributed by atoms with Crippen molar-refractivity contribution in [3.05, 3.63) is 29.8 Å². The molecular formula is C18H26N2O7S. The normalized spacial score (nSPS) is 13.8. The zero-order chi connectivity index (χ0) is 21.7. The van der Waals surface area contributed by atoms with Gasteiger partial charge in [-0.1, -0.05) is 17.7 Å². The van der Waals surface area contributed by atoms with Gasteiger partial charge in [0.05, 0.1) is 12.0 Å². The van der Waals surface area contributed by atoms with Gasteiger partial charge >= 0.3 is 12.1 Å². The predicted molar refractivity (Wildman–Crippen MR) is 101 cm³/mol. The van der Waals surface area contributed by atoms with Crippen molar-refractivity contribution in [1.82, 2.24) is 10.6 Å². The molecule has 0 aliphatic rings. The standard InChI is InChI=1S/C18H26N2O7S/c1-11-7-9-13(10-8-11)28(24,25)15(20-17(23)27-18(3,4)5)14(21)19-12(2)16(22)26-6/h7-10,12,15H,1-6H3,(H,19,21)(H,20,23)/t12?,15-/m0/s1. The molecule has 28 heavy (non-hydrogen) atoms. The van der Waals surface area contributed by atoms with Crippen LogP contribution >= 0.6 is 0 Å². The fraction of sp³-hybridized carbons (Fsp3) is 0.500. The maximum Gasteiger partial charge on any atom is 0.409 e. The number of benzene rings is 1. The van der Waals surface area contributed by atoms with Crippen LogP contribution in [0.25, 0.3) is 0 Å². The molecule has 0 heterocycles. The topological polar surface area (TPSA) is 128 Å². The predicted octanol–water partition coefficient (Wildman–Crippen LogP) is 1.30. The molecule has 10 heteroatoms. The van der Waals surface area contributed by atoms with E-state index in [1.165, 1.54) is 19.1 Å². The lowest BCUT2D eigenvalue weighted by atomic mass is 10.2. The highest BCUT2D eigenvalue weighted by Gasteiger charge is 2.38. The van der Waals surface area contributed by atoms with Crippen molar-refractivity contribution in [3.8, 4) is 0 Å². The van der Waals surface area contributed by atoms with Crippen molar-refractivity contribution in [2.75, 3.05) is 7.11 Å². The minimum Gasteiger partial charge on any atom is -0.467 e. The van der Waals surface area contributed by atoms with E-state index in [0.717, 1.165) is 12.7 Å². The number of nitrogens with one attached hydrogen (secondary N) is 2. The molecule has 0 saturated heterocycles. The Hall–Kier alpha value is -2.62. The SMILES string of the molecule is COC(=O)C(C)NC(=O)[C@@H](NC(=O)OC(C)(C)C)S(=O)(=O)c1ccc(C)cc1. The van der Waals surface area contributed by atoms with Crippen molar-refractivity contribution in [1.29, 1.82) is 0 Å². The van der Waals surface area contributed by atoms with Crippen molar-refractivity contribution in [2.24, 2.45) is 0 Å². The van der Waals surface area contributed by atoms with E-state index in [-0.39, 0.29) is 4.90 Å². The Bertz CT molecular complexity index is 826. The Balaban J connectivity index is 3.22. The molecule has 1 rings (SSSR count). The molecule has 1 aromatic rings. The number of amides is 2. The Kier molecular flexibility index (Phi) is 7.57. The van der Waals surface area contributed by atoms with Crippen LogP contribution < -0.4 is 10.6 Å². The first-order valence-corrected chi connectivity index (χ1v) is 10.0. The van der Waals surface area contributed by atoms with Gasteiger partial charge in [-0.2, -0.15) is 0 Å². The van der Waals surface area contributed by atoms with Crippen LogP contribution in [-0.4, -0.2) is 50.5 Å². The molecule has 2 atom stereocenters. The van der Waals surface area contributed by atoms with Gasteiger partial charge in [0.15, 0.2) is 0 Å². The molecule has 0 aliphatic carbocycles. The van der Waals surface area contributed by atoms with Crippen LogP contribution in [0.3, 0.4) is 0 Å². The molecule has 0 aliphatic heterocycles. The highest BCUT2D eigenvalue weighted by atomic mass is 32.2. The molecule has 2 N–H and O–H groups in total. The summed E-state index contributed by atoms with van der Waals surface area (Å²) < 4.78 is 35.5. The number of hydrogen-bond donors (Lipinski definition) is 2. The van der Waals surface area contributed by atoms with Crippen molar-refractivity contribution >= 4 is 27.8 Å². The largest absolute Gasteiger partial charge is 0.467 e. The molecular weight excluding hydrogens is 388 g/mol. The quantitative estimate of drug-likeness (QED) is 0.672. The number of esters is 1. The minimum absolute atomic E-state index is 0.167. The van der Waals surface area contributed by atoms with Gasteiger partial charge in [0.25, 0.3) is 5.91 Å². The number of aryl methyl sites for hydroxylation is 1. The molecule has 0 spiro atoms. The zero-order valence-corrected chi connectivity index (χ0v) is 17.5. The molecule has 0 bridgehead atoms. The lowest BCUT2D eigenvalue weighted by Gasteiger charge is -2.24. The van der Waals surface area contributed by atoms with Crippen molar-refractivity contribution in [3.63, 3.8) is 0 Å². The Morgan fingerprint density at radius 1 is 1.04 bits per heavy atom. The van der Waals surface area contributed by atoms with E-state index < -0.39 is 44.8 Å². The number of rotatable bonds is 6. The average Bonchev–Trinajstić information content (AvgIpc) is 2.57. The van der Waals surface area contributed by atoms with E-state index >= 15 is 0 Å². The summed E-state index contributed by atoms with van der Waals surface area (Å²) in [6, 6.07) is 4.66. The molecule has 0 saturated carbocycles. The number of alkyl carbamates (subject to hydrolysis) is 1. The molecule has 156 valence electrons. The summed E-state index contributed by atoms with van der Waals surface area (Å²) in [7, 11) is -3.19. The average molecular weight is 414 g/mol. The van der Waals surface area contributed by atoms with Gasteiger partial charge in [-0.3, -0.25) is 10.1 Å². The van der Waals surface area contributed by atoms with Crippen LogP contribution in [0.15, 0.2) is 29.2 Å². The van der Waals surface area contributed by atoms with Crippen LogP contribution in [0, 0.1) is 6.92 Å². The van der Waals surface area contributed by atoms with Gasteiger partial charge in [-0.25, -0.2) is 18.0 Å². The number of carbonyl (C=O) groups excluding carboxylic acids is 3. The van der Waals surface area contributed by atoms with Crippen LogP contribution in [0.1, 0.15) is 33.3 Å². The maximum absolute atomic E-state index is 13.0. The number of methoxy groups -OCH3 is 1. The Morgan fingerprint density at radius 3 is 2.04 bits per heavy atom. The van der Waals surface area contributed by atoms with Gasteiger partial charge in [-0.05, 0) is 46.8 Å². The summed E-state index contributed by atoms with van der Waals surface area (Å²) in [5.41, 5.74) is -0.0859. The van der Waals surface area contributed by atoms with E-state index in [0.29, 0.717) is 0 Å². The van der Waals surface area contributed by atoms with E-state index in [1.807, 2.05) is 0 Å². The maximum atomic E-state index is 13.0. The van der Waals surface area contributed by atoms with Crippen LogP contribution in [0.4, 0.5) is 4.79 Å². The monoisotopic (exact) mass is 414 g/mol. The van der Waals surface area contributed by atoms with Gasteiger partial charge < -0.3 is 14.8 Å². The summed E-state index contributed by atoms with van der Waals surface area (Å²) in [6.45, 7) is 7.88. The summed E-state index contributed by atoms with van der Waals surface area (Å²) in [5.74, 6) is -1.86. The third kappa shape index (κ3) is 6.52. The summed E-state index contributed by atoms with van der Waals surface area (Å²) in [4.78, 5) is 36.1. The first-order chi connectivity index (χ1) is 12.8. The van der Waals surface area contributed by atoms with Gasteiger partial charge in [0.1, 0.15) is 11.6 Å². The second-order valence-corrected chi connectivity index (χ2v) is 9.17. The lowest BCUT2D eigenvalue weighted by molar-refractivity contribution is -0.144. The second-order valence-electron chi connectivity index (χ2n) is 7.14. The molecule has 2 amide bonds. The first kappa shape index (κ1) is 23.4. The number of hydrogen-bond acceptors (Lipinski definition) is 7. The van der Waals surface area contributed by atoms with Crippen LogP contribution in [0.5, 0.6) is 0 Å². The Labute approximate surface area is 164 Å². The van der Waals surface area contributed by atoms with E-state index in [1.54, 1.807) is 39.8 Å².